The van der Waals surface area contributed by atoms with E-state index < -0.39 is 73.3 Å². The van der Waals surface area contributed by atoms with Crippen LogP contribution in [-0.4, -0.2) is 60.1 Å². The molecule has 0 saturated heterocycles. The van der Waals surface area contributed by atoms with Crippen molar-refractivity contribution >= 4 is 29.4 Å². The maximum absolute atomic E-state index is 14.8. The van der Waals surface area contributed by atoms with Gasteiger partial charge in [0.1, 0.15) is 12.9 Å². The predicted molar refractivity (Wildman–Crippen MR) is 173 cm³/mol. The van der Waals surface area contributed by atoms with Crippen LogP contribution in [0, 0.1) is 5.41 Å². The molecule has 1 aliphatic heterocycles. The first-order chi connectivity index (χ1) is 24.3. The Labute approximate surface area is 297 Å². The number of alkyl halides is 7. The maximum Gasteiger partial charge on any atom is 0.389 e. The van der Waals surface area contributed by atoms with Gasteiger partial charge in [0.25, 0.3) is 12.3 Å². The van der Waals surface area contributed by atoms with Gasteiger partial charge < -0.3 is 10.5 Å². The zero-order chi connectivity index (χ0) is 38.2. The molecule has 0 spiro atoms. The molecule has 11 nitrogen and oxygen atoms in total. The number of hydrogen-bond acceptors (Lipinski definition) is 8. The molecule has 0 fully saturated rings. The van der Waals surface area contributed by atoms with E-state index >= 15 is 0 Å². The maximum atomic E-state index is 14.8. The number of esters is 1. The van der Waals surface area contributed by atoms with Crippen LogP contribution in [0.1, 0.15) is 76.0 Å². The van der Waals surface area contributed by atoms with Gasteiger partial charge >= 0.3 is 18.7 Å². The minimum Gasteiger partial charge on any atom is -0.463 e. The molecule has 4 aromatic rings. The average Bonchev–Trinajstić information content (AvgIpc) is 3.80. The number of amides is 1. The summed E-state index contributed by atoms with van der Waals surface area (Å²) in [6, 6.07) is 9.02. The van der Waals surface area contributed by atoms with E-state index in [4.69, 9.17) is 22.1 Å². The number of guanidine groups is 1. The lowest BCUT2D eigenvalue weighted by Gasteiger charge is -2.35. The van der Waals surface area contributed by atoms with Gasteiger partial charge in [0.05, 0.1) is 35.8 Å². The predicted octanol–water partition coefficient (Wildman–Crippen LogP) is 7.53. The molecular weight excluding hydrogens is 725 g/mol. The first kappa shape index (κ1) is 38.2. The molecule has 2 aromatic heterocycles. The van der Waals surface area contributed by atoms with E-state index in [1.807, 2.05) is 20.8 Å². The summed E-state index contributed by atoms with van der Waals surface area (Å²) >= 11 is 6.37. The summed E-state index contributed by atoms with van der Waals surface area (Å²) in [4.78, 5) is 36.5. The topological polar surface area (TPSA) is 134 Å². The van der Waals surface area contributed by atoms with Crippen molar-refractivity contribution in [2.45, 2.75) is 70.8 Å². The molecular formula is C33H32ClF7N8O3. The lowest BCUT2D eigenvalue weighted by molar-refractivity contribution is -0.158. The van der Waals surface area contributed by atoms with E-state index in [1.54, 1.807) is 24.3 Å². The first-order valence-corrected chi connectivity index (χ1v) is 16.0. The number of rotatable bonds is 12. The van der Waals surface area contributed by atoms with Crippen molar-refractivity contribution in [2.75, 3.05) is 6.61 Å². The monoisotopic (exact) mass is 756 g/mol. The summed E-state index contributed by atoms with van der Waals surface area (Å²) in [6.07, 6.45) is -6.77. The average molecular weight is 757 g/mol. The van der Waals surface area contributed by atoms with E-state index in [2.05, 4.69) is 20.2 Å². The Kier molecular flexibility index (Phi) is 10.7. The highest BCUT2D eigenvalue weighted by molar-refractivity contribution is 6.32. The van der Waals surface area contributed by atoms with Gasteiger partial charge in [-0.05, 0) is 40.7 Å². The van der Waals surface area contributed by atoms with Crippen LogP contribution in [0.3, 0.4) is 0 Å². The molecule has 0 radical (unpaired) electrons. The number of nitrogens with zero attached hydrogens (tertiary/aromatic N) is 7. The number of halogens is 8. The Bertz CT molecular complexity index is 1960. The standard InChI is InChI=1S/C33H32ClF7N8O3/c1-31(2,3)16-32(21-7-4-18(5-8-21)20-13-44-47(14-20)29(37)38)28(51)48(30(42)46-32)24(15-52-25(50)10-11-33(39,40)41)19-6-9-22(34)23(12-19)49-27(26(35)36)43-17-45-49/h4-9,12-14,17,24,26,29H,10-11,15-16H2,1-3H3,(H2,42,46)/t24-,32-/m1/s1. The van der Waals surface area contributed by atoms with Crippen LogP contribution in [0.4, 0.5) is 30.7 Å². The van der Waals surface area contributed by atoms with Crippen LogP contribution in [0.2, 0.25) is 5.02 Å². The molecule has 52 heavy (non-hydrogen) atoms. The highest BCUT2D eigenvalue weighted by Crippen LogP contribution is 2.45. The van der Waals surface area contributed by atoms with Crippen molar-refractivity contribution in [1.29, 1.82) is 0 Å². The molecule has 2 N–H and O–H groups in total. The summed E-state index contributed by atoms with van der Waals surface area (Å²) in [6.45, 7) is 2.00. The number of ether oxygens (including phenoxy) is 1. The van der Waals surface area contributed by atoms with Gasteiger partial charge in [0, 0.05) is 11.8 Å². The lowest BCUT2D eigenvalue weighted by Crippen LogP contribution is -2.47. The van der Waals surface area contributed by atoms with E-state index in [1.165, 1.54) is 24.4 Å². The second-order valence-corrected chi connectivity index (χ2v) is 13.6. The molecule has 19 heteroatoms. The molecule has 2 atom stereocenters. The van der Waals surface area contributed by atoms with Crippen molar-refractivity contribution in [3.63, 3.8) is 0 Å². The number of hydrogen-bond donors (Lipinski definition) is 1. The number of carbonyl (C=O) groups excluding carboxylic acids is 2. The third-order valence-electron chi connectivity index (χ3n) is 8.09. The van der Waals surface area contributed by atoms with E-state index in [0.29, 0.717) is 21.4 Å². The normalized spacial score (nSPS) is 17.3. The largest absolute Gasteiger partial charge is 0.463 e. The number of carbonyl (C=O) groups is 2. The third kappa shape index (κ3) is 8.21. The minimum absolute atomic E-state index is 0.0484. The van der Waals surface area contributed by atoms with Crippen LogP contribution in [0.5, 0.6) is 0 Å². The summed E-state index contributed by atoms with van der Waals surface area (Å²) in [5.41, 5.74) is 5.51. The SMILES string of the molecule is CC(C)(C)C[C@]1(c2ccc(-c3cnn(C(F)F)c3)cc2)N=C(N)N([C@H](COC(=O)CCC(F)(F)F)c2ccc(Cl)c(-n3ncnc3C(F)F)c2)C1=O. The second kappa shape index (κ2) is 14.6. The molecule has 0 unspecified atom stereocenters. The van der Waals surface area contributed by atoms with Gasteiger partial charge in [-0.15, -0.1) is 0 Å². The Morgan fingerprint density at radius 1 is 1.02 bits per heavy atom. The third-order valence-corrected chi connectivity index (χ3v) is 8.41. The quantitative estimate of drug-likeness (QED) is 0.117. The zero-order valence-corrected chi connectivity index (χ0v) is 28.5. The fourth-order valence-corrected chi connectivity index (χ4v) is 6.10. The van der Waals surface area contributed by atoms with E-state index in [0.717, 1.165) is 22.1 Å². The van der Waals surface area contributed by atoms with E-state index in [9.17, 15) is 40.3 Å². The summed E-state index contributed by atoms with van der Waals surface area (Å²) < 4.78 is 98.9. The Balaban J connectivity index is 1.57. The highest BCUT2D eigenvalue weighted by atomic mass is 35.5. The number of benzene rings is 2. The van der Waals surface area contributed by atoms with Crippen LogP contribution in [-0.2, 0) is 19.9 Å². The molecule has 5 rings (SSSR count). The molecule has 1 aliphatic rings. The molecule has 0 aliphatic carbocycles. The molecule has 0 saturated carbocycles. The Morgan fingerprint density at radius 2 is 1.71 bits per heavy atom. The van der Waals surface area contributed by atoms with Crippen LogP contribution < -0.4 is 5.73 Å². The van der Waals surface area contributed by atoms with Crippen molar-refractivity contribution in [1.82, 2.24) is 29.4 Å². The summed E-state index contributed by atoms with van der Waals surface area (Å²) in [5.74, 6) is -3.00. The minimum atomic E-state index is -4.64. The number of aromatic nitrogens is 5. The lowest BCUT2D eigenvalue weighted by atomic mass is 9.75. The zero-order valence-electron chi connectivity index (χ0n) is 27.8. The Morgan fingerprint density at radius 3 is 2.31 bits per heavy atom. The van der Waals surface area contributed by atoms with Gasteiger partial charge in [-0.3, -0.25) is 14.5 Å². The van der Waals surface area contributed by atoms with Gasteiger partial charge in [-0.25, -0.2) is 28.1 Å². The van der Waals surface area contributed by atoms with Crippen LogP contribution in [0.15, 0.2) is 66.2 Å². The molecule has 0 bridgehead atoms. The van der Waals surface area contributed by atoms with Crippen LogP contribution >= 0.6 is 11.6 Å². The summed E-state index contributed by atoms with van der Waals surface area (Å²) in [5, 5.41) is 7.44. The van der Waals surface area contributed by atoms with Crippen molar-refractivity contribution in [3.8, 4) is 16.8 Å². The van der Waals surface area contributed by atoms with E-state index in [-0.39, 0.29) is 28.7 Å². The molecule has 278 valence electrons. The fourth-order valence-electron chi connectivity index (χ4n) is 5.90. The Hall–Kier alpha value is -5.00. The van der Waals surface area contributed by atoms with Gasteiger partial charge in [0.15, 0.2) is 17.3 Å². The smallest absolute Gasteiger partial charge is 0.389 e. The first-order valence-electron chi connectivity index (χ1n) is 15.6. The highest BCUT2D eigenvalue weighted by Gasteiger charge is 2.53. The summed E-state index contributed by atoms with van der Waals surface area (Å²) in [7, 11) is 0. The van der Waals surface area contributed by atoms with Crippen LogP contribution in [0.25, 0.3) is 16.8 Å². The number of aliphatic imine (C=N–C) groups is 1. The van der Waals surface area contributed by atoms with Crippen molar-refractivity contribution in [3.05, 3.63) is 83.2 Å². The fraction of sp³-hybridized carbons (Fsp3) is 0.394. The van der Waals surface area contributed by atoms with Crippen molar-refractivity contribution < 1.29 is 45.1 Å². The van der Waals surface area contributed by atoms with Gasteiger partial charge in [-0.1, -0.05) is 62.7 Å². The van der Waals surface area contributed by atoms with Gasteiger partial charge in [0.2, 0.25) is 0 Å². The van der Waals surface area contributed by atoms with Gasteiger partial charge in [-0.2, -0.15) is 32.1 Å². The second-order valence-electron chi connectivity index (χ2n) is 13.2. The van der Waals surface area contributed by atoms with Crippen molar-refractivity contribution in [2.24, 2.45) is 16.1 Å². The molecule has 1 amide bonds. The number of nitrogens with two attached hydrogens (primary N) is 1. The molecule has 3 heterocycles. The molecule has 2 aromatic carbocycles.